The number of hydrogen-bond acceptors (Lipinski definition) is 3. The average molecular weight is 299 g/mol. The van der Waals surface area contributed by atoms with Crippen molar-refractivity contribution in [3.05, 3.63) is 35.9 Å². The molecule has 0 bridgehead atoms. The molecule has 3 atom stereocenters. The molecule has 2 rings (SSSR count). The van der Waals surface area contributed by atoms with Crippen molar-refractivity contribution in [2.75, 3.05) is 20.2 Å². The van der Waals surface area contributed by atoms with Gasteiger partial charge >= 0.3 is 0 Å². The summed E-state index contributed by atoms with van der Waals surface area (Å²) in [6.45, 7) is 5.66. The lowest BCUT2D eigenvalue weighted by Crippen LogP contribution is -2.56. The van der Waals surface area contributed by atoms with Crippen LogP contribution < -0.4 is 5.32 Å². The second-order valence-electron chi connectivity index (χ2n) is 5.24. The van der Waals surface area contributed by atoms with E-state index in [0.717, 1.165) is 18.7 Å². The summed E-state index contributed by atoms with van der Waals surface area (Å²) in [5.74, 6) is 0.0499. The fourth-order valence-corrected chi connectivity index (χ4v) is 2.68. The van der Waals surface area contributed by atoms with Crippen LogP contribution in [0.25, 0.3) is 0 Å². The van der Waals surface area contributed by atoms with Crippen molar-refractivity contribution >= 4 is 18.3 Å². The Hall–Kier alpha value is -1.10. The lowest BCUT2D eigenvalue weighted by Gasteiger charge is -2.37. The molecule has 0 aliphatic carbocycles. The zero-order valence-electron chi connectivity index (χ0n) is 12.2. The summed E-state index contributed by atoms with van der Waals surface area (Å²) >= 11 is 0. The van der Waals surface area contributed by atoms with E-state index in [0.29, 0.717) is 12.1 Å². The molecule has 1 aromatic rings. The van der Waals surface area contributed by atoms with Crippen molar-refractivity contribution in [1.29, 1.82) is 0 Å². The molecule has 1 aliphatic rings. The molecule has 0 spiro atoms. The number of carbonyl (C=O) groups is 1. The predicted octanol–water partition coefficient (Wildman–Crippen LogP) is 2.00. The normalized spacial score (nSPS) is 23.9. The topological polar surface area (TPSA) is 41.6 Å². The quantitative estimate of drug-likeness (QED) is 0.928. The third kappa shape index (κ3) is 3.95. The molecule has 20 heavy (non-hydrogen) atoms. The standard InChI is InChI=1S/C15H22N2O2.ClH/c1-11-9-17(10-12(2)16-11)15(18)14(19-3)13-7-5-4-6-8-13;/h4-8,11-12,14,16H,9-10H2,1-3H3;1H. The van der Waals surface area contributed by atoms with Gasteiger partial charge in [0.25, 0.3) is 5.91 Å². The van der Waals surface area contributed by atoms with Crippen LogP contribution in [0.15, 0.2) is 30.3 Å². The van der Waals surface area contributed by atoms with Crippen LogP contribution in [0.3, 0.4) is 0 Å². The Labute approximate surface area is 126 Å². The van der Waals surface area contributed by atoms with Crippen molar-refractivity contribution in [2.24, 2.45) is 0 Å². The molecule has 1 heterocycles. The van der Waals surface area contributed by atoms with Gasteiger partial charge in [-0.15, -0.1) is 12.4 Å². The van der Waals surface area contributed by atoms with Gasteiger partial charge in [-0.1, -0.05) is 30.3 Å². The number of rotatable bonds is 3. The summed E-state index contributed by atoms with van der Waals surface area (Å²) in [6, 6.07) is 10.3. The first-order valence-corrected chi connectivity index (χ1v) is 6.74. The molecule has 1 aromatic carbocycles. The van der Waals surface area contributed by atoms with Gasteiger partial charge in [-0.05, 0) is 19.4 Å². The molecule has 1 amide bonds. The summed E-state index contributed by atoms with van der Waals surface area (Å²) in [5, 5.41) is 3.43. The van der Waals surface area contributed by atoms with E-state index >= 15 is 0 Å². The highest BCUT2D eigenvalue weighted by atomic mass is 35.5. The second kappa shape index (κ2) is 7.62. The van der Waals surface area contributed by atoms with Crippen molar-refractivity contribution in [1.82, 2.24) is 10.2 Å². The number of methoxy groups -OCH3 is 1. The van der Waals surface area contributed by atoms with Gasteiger partial charge < -0.3 is 15.0 Å². The fraction of sp³-hybridized carbons (Fsp3) is 0.533. The second-order valence-corrected chi connectivity index (χ2v) is 5.24. The molecule has 5 heteroatoms. The number of piperazine rings is 1. The number of hydrogen-bond donors (Lipinski definition) is 1. The first-order chi connectivity index (χ1) is 9.11. The molecule has 1 saturated heterocycles. The lowest BCUT2D eigenvalue weighted by atomic mass is 10.1. The number of amides is 1. The smallest absolute Gasteiger partial charge is 0.256 e. The van der Waals surface area contributed by atoms with E-state index in [2.05, 4.69) is 19.2 Å². The molecule has 112 valence electrons. The van der Waals surface area contributed by atoms with Crippen LogP contribution in [0.5, 0.6) is 0 Å². The number of nitrogens with one attached hydrogen (secondary N) is 1. The van der Waals surface area contributed by atoms with E-state index in [-0.39, 0.29) is 18.3 Å². The minimum absolute atomic E-state index is 0. The largest absolute Gasteiger partial charge is 0.367 e. The minimum Gasteiger partial charge on any atom is -0.367 e. The molecular formula is C15H23ClN2O2. The van der Waals surface area contributed by atoms with E-state index < -0.39 is 6.10 Å². The highest BCUT2D eigenvalue weighted by Gasteiger charge is 2.30. The van der Waals surface area contributed by atoms with Gasteiger partial charge in [0.1, 0.15) is 0 Å². The summed E-state index contributed by atoms with van der Waals surface area (Å²) in [7, 11) is 1.59. The van der Waals surface area contributed by atoms with Crippen molar-refractivity contribution in [3.8, 4) is 0 Å². The Morgan fingerprint density at radius 1 is 1.25 bits per heavy atom. The van der Waals surface area contributed by atoms with Crippen LogP contribution in [-0.4, -0.2) is 43.1 Å². The maximum atomic E-state index is 12.6. The van der Waals surface area contributed by atoms with E-state index in [1.165, 1.54) is 0 Å². The summed E-state index contributed by atoms with van der Waals surface area (Å²) in [6.07, 6.45) is -0.501. The Balaban J connectivity index is 0.00000200. The highest BCUT2D eigenvalue weighted by molar-refractivity contribution is 5.85. The average Bonchev–Trinajstić information content (AvgIpc) is 2.39. The number of nitrogens with zero attached hydrogens (tertiary/aromatic N) is 1. The zero-order chi connectivity index (χ0) is 13.8. The maximum Gasteiger partial charge on any atom is 0.256 e. The first-order valence-electron chi connectivity index (χ1n) is 6.74. The lowest BCUT2D eigenvalue weighted by molar-refractivity contribution is -0.144. The first kappa shape index (κ1) is 17.0. The van der Waals surface area contributed by atoms with Gasteiger partial charge in [0.2, 0.25) is 0 Å². The Morgan fingerprint density at radius 2 is 1.80 bits per heavy atom. The number of benzene rings is 1. The summed E-state index contributed by atoms with van der Waals surface area (Å²) < 4.78 is 5.41. The van der Waals surface area contributed by atoms with Gasteiger partial charge in [-0.3, -0.25) is 4.79 Å². The SMILES string of the molecule is COC(C(=O)N1CC(C)NC(C)C1)c1ccccc1.Cl. The number of carbonyl (C=O) groups excluding carboxylic acids is 1. The third-order valence-electron chi connectivity index (χ3n) is 3.43. The predicted molar refractivity (Wildman–Crippen MR) is 82.1 cm³/mol. The molecule has 0 saturated carbocycles. The van der Waals surface area contributed by atoms with E-state index in [9.17, 15) is 4.79 Å². The van der Waals surface area contributed by atoms with Gasteiger partial charge in [-0.25, -0.2) is 0 Å². The number of ether oxygens (including phenoxy) is 1. The summed E-state index contributed by atoms with van der Waals surface area (Å²) in [5.41, 5.74) is 0.911. The fourth-order valence-electron chi connectivity index (χ4n) is 2.68. The van der Waals surface area contributed by atoms with Crippen molar-refractivity contribution in [3.63, 3.8) is 0 Å². The molecule has 1 aliphatic heterocycles. The van der Waals surface area contributed by atoms with Crippen LogP contribution in [0.2, 0.25) is 0 Å². The van der Waals surface area contributed by atoms with Crippen LogP contribution in [0, 0.1) is 0 Å². The minimum atomic E-state index is -0.501. The van der Waals surface area contributed by atoms with E-state index in [1.807, 2.05) is 35.2 Å². The Kier molecular flexibility index (Phi) is 6.46. The van der Waals surface area contributed by atoms with Gasteiger partial charge in [0.15, 0.2) is 6.10 Å². The van der Waals surface area contributed by atoms with Crippen molar-refractivity contribution < 1.29 is 9.53 Å². The van der Waals surface area contributed by atoms with E-state index in [1.54, 1.807) is 7.11 Å². The molecule has 0 radical (unpaired) electrons. The van der Waals surface area contributed by atoms with Crippen LogP contribution in [0.1, 0.15) is 25.5 Å². The van der Waals surface area contributed by atoms with Gasteiger partial charge in [0.05, 0.1) is 0 Å². The van der Waals surface area contributed by atoms with Crippen LogP contribution >= 0.6 is 12.4 Å². The molecule has 3 unspecified atom stereocenters. The zero-order valence-corrected chi connectivity index (χ0v) is 13.0. The third-order valence-corrected chi connectivity index (χ3v) is 3.43. The van der Waals surface area contributed by atoms with E-state index in [4.69, 9.17) is 4.74 Å². The monoisotopic (exact) mass is 298 g/mol. The highest BCUT2D eigenvalue weighted by Crippen LogP contribution is 2.20. The van der Waals surface area contributed by atoms with Gasteiger partial charge in [-0.2, -0.15) is 0 Å². The van der Waals surface area contributed by atoms with Crippen LogP contribution in [0.4, 0.5) is 0 Å². The Bertz CT molecular complexity index is 417. The van der Waals surface area contributed by atoms with Crippen LogP contribution in [-0.2, 0) is 9.53 Å². The molecule has 1 fully saturated rings. The van der Waals surface area contributed by atoms with Gasteiger partial charge in [0, 0.05) is 32.3 Å². The van der Waals surface area contributed by atoms with Crippen molar-refractivity contribution in [2.45, 2.75) is 32.0 Å². The summed E-state index contributed by atoms with van der Waals surface area (Å²) in [4.78, 5) is 14.5. The Morgan fingerprint density at radius 3 is 2.30 bits per heavy atom. The molecule has 1 N–H and O–H groups in total. The molecule has 4 nitrogen and oxygen atoms in total. The molecular weight excluding hydrogens is 276 g/mol. The maximum absolute atomic E-state index is 12.6. The molecule has 0 aromatic heterocycles. The number of halogens is 1.